The molecule has 0 saturated carbocycles. The molecule has 0 aromatic heterocycles. The topological polar surface area (TPSA) is 237 Å². The molecule has 0 aromatic rings. The van der Waals surface area contributed by atoms with E-state index in [-0.39, 0.29) is 25.7 Å². The summed E-state index contributed by atoms with van der Waals surface area (Å²) < 4.78 is 68.0. The van der Waals surface area contributed by atoms with Crippen LogP contribution >= 0.6 is 15.6 Å². The average molecular weight is 1240 g/mol. The van der Waals surface area contributed by atoms with Gasteiger partial charge in [0.1, 0.15) is 19.3 Å². The summed E-state index contributed by atoms with van der Waals surface area (Å²) in [4.78, 5) is 72.2. The van der Waals surface area contributed by atoms with Crippen molar-refractivity contribution in [2.45, 2.75) is 331 Å². The monoisotopic (exact) mass is 1240 g/mol. The molecule has 84 heavy (non-hydrogen) atoms. The number of hydrogen-bond acceptors (Lipinski definition) is 15. The van der Waals surface area contributed by atoms with E-state index in [0.717, 1.165) is 108 Å². The number of phosphoric acid groups is 2. The molecule has 498 valence electrons. The Labute approximate surface area is 511 Å². The molecular formula is C65H126O17P2. The molecule has 0 aliphatic carbocycles. The van der Waals surface area contributed by atoms with Crippen LogP contribution in [-0.2, 0) is 65.4 Å². The molecule has 19 heteroatoms. The van der Waals surface area contributed by atoms with Gasteiger partial charge in [-0.05, 0) is 49.4 Å². The second-order valence-corrected chi connectivity index (χ2v) is 28.3. The molecule has 0 radical (unpaired) electrons. The molecule has 0 aliphatic heterocycles. The first-order valence-corrected chi connectivity index (χ1v) is 36.7. The minimum Gasteiger partial charge on any atom is -0.462 e. The van der Waals surface area contributed by atoms with Crippen LogP contribution in [0.15, 0.2) is 0 Å². The van der Waals surface area contributed by atoms with Gasteiger partial charge in [0.15, 0.2) is 12.2 Å². The third-order valence-electron chi connectivity index (χ3n) is 14.8. The second-order valence-electron chi connectivity index (χ2n) is 25.4. The largest absolute Gasteiger partial charge is 0.472 e. The highest BCUT2D eigenvalue weighted by Crippen LogP contribution is 2.45. The van der Waals surface area contributed by atoms with E-state index in [2.05, 4.69) is 55.4 Å². The van der Waals surface area contributed by atoms with Gasteiger partial charge in [-0.25, -0.2) is 9.13 Å². The summed E-state index contributed by atoms with van der Waals surface area (Å²) in [5.74, 6) is 0.724. The van der Waals surface area contributed by atoms with Crippen LogP contribution in [-0.4, -0.2) is 96.7 Å². The molecule has 3 unspecified atom stereocenters. The Bertz CT molecular complexity index is 1680. The molecule has 0 aromatic carbocycles. The predicted octanol–water partition coefficient (Wildman–Crippen LogP) is 17.8. The second kappa shape index (κ2) is 55.2. The van der Waals surface area contributed by atoms with Crippen molar-refractivity contribution < 1.29 is 80.2 Å². The van der Waals surface area contributed by atoms with Crippen molar-refractivity contribution in [1.29, 1.82) is 0 Å². The average Bonchev–Trinajstić information content (AvgIpc) is 3.48. The smallest absolute Gasteiger partial charge is 0.462 e. The third-order valence-corrected chi connectivity index (χ3v) is 16.7. The van der Waals surface area contributed by atoms with Crippen LogP contribution < -0.4 is 0 Å². The lowest BCUT2D eigenvalue weighted by atomic mass is 10.0. The van der Waals surface area contributed by atoms with Crippen molar-refractivity contribution in [3.05, 3.63) is 0 Å². The molecule has 3 N–H and O–H groups in total. The SMILES string of the molecule is CC(C)CCCCCCCCCCCCCC(=O)O[C@H](COC(=O)CCCCCCCCCCC(C)C)COP(=O)(O)OCC(O)COP(=O)(O)OC[C@@H](COC(=O)CCCCCCCCCC(C)C)OC(=O)CCCCCCCCC(C)C. The maximum Gasteiger partial charge on any atom is 0.472 e. The van der Waals surface area contributed by atoms with Gasteiger partial charge in [-0.15, -0.1) is 0 Å². The summed E-state index contributed by atoms with van der Waals surface area (Å²) in [6, 6.07) is 0. The Morgan fingerprint density at radius 2 is 0.500 bits per heavy atom. The molecule has 5 atom stereocenters. The molecule has 0 aliphatic rings. The number of rotatable bonds is 62. The van der Waals surface area contributed by atoms with Crippen LogP contribution in [0.2, 0.25) is 0 Å². The van der Waals surface area contributed by atoms with E-state index in [9.17, 15) is 43.2 Å². The fourth-order valence-corrected chi connectivity index (χ4v) is 11.2. The number of esters is 4. The maximum atomic E-state index is 13.0. The van der Waals surface area contributed by atoms with E-state index < -0.39 is 97.5 Å². The van der Waals surface area contributed by atoms with Gasteiger partial charge in [0.2, 0.25) is 0 Å². The number of unbranched alkanes of at least 4 members (excludes halogenated alkanes) is 28. The number of aliphatic hydroxyl groups excluding tert-OH is 1. The highest BCUT2D eigenvalue weighted by molar-refractivity contribution is 7.47. The first kappa shape index (κ1) is 82.1. The molecule has 0 spiro atoms. The van der Waals surface area contributed by atoms with Gasteiger partial charge in [0, 0.05) is 25.7 Å². The standard InChI is InChI=1S/C65H126O17P2/c1-55(2)41-33-25-17-12-10-9-11-13-21-31-39-47-64(69)81-60(51-75-62(67)45-37-29-20-15-14-18-26-34-42-56(3)4)53-79-83(71,72)77-49-59(66)50-78-84(73,74)80-54-61(82-65(70)48-40-32-24-23-28-36-44-58(7)8)52-76-63(68)46-38-30-22-16-19-27-35-43-57(5)6/h55-61,66H,9-54H2,1-8H3,(H,71,72)(H,73,74)/t59?,60-,61-/m1/s1. The lowest BCUT2D eigenvalue weighted by Gasteiger charge is -2.21. The van der Waals surface area contributed by atoms with Gasteiger partial charge >= 0.3 is 39.5 Å². The summed E-state index contributed by atoms with van der Waals surface area (Å²) >= 11 is 0. The summed E-state index contributed by atoms with van der Waals surface area (Å²) in [6.07, 6.45) is 35.1. The summed E-state index contributed by atoms with van der Waals surface area (Å²) in [5.41, 5.74) is 0. The van der Waals surface area contributed by atoms with E-state index in [0.29, 0.717) is 37.5 Å². The van der Waals surface area contributed by atoms with Gasteiger partial charge in [-0.2, -0.15) is 0 Å². The van der Waals surface area contributed by atoms with E-state index in [1.54, 1.807) is 0 Å². The van der Waals surface area contributed by atoms with Crippen molar-refractivity contribution in [2.24, 2.45) is 23.7 Å². The van der Waals surface area contributed by atoms with Crippen molar-refractivity contribution in [1.82, 2.24) is 0 Å². The van der Waals surface area contributed by atoms with Gasteiger partial charge in [-0.1, -0.05) is 261 Å². The highest BCUT2D eigenvalue weighted by Gasteiger charge is 2.30. The number of ether oxygens (including phenoxy) is 4. The minimum atomic E-state index is -4.95. The highest BCUT2D eigenvalue weighted by atomic mass is 31.2. The lowest BCUT2D eigenvalue weighted by Crippen LogP contribution is -2.30. The van der Waals surface area contributed by atoms with Crippen LogP contribution in [0.3, 0.4) is 0 Å². The first-order chi connectivity index (χ1) is 40.1. The summed E-state index contributed by atoms with van der Waals surface area (Å²) in [5, 5.41) is 10.5. The number of phosphoric ester groups is 2. The molecule has 0 rings (SSSR count). The lowest BCUT2D eigenvalue weighted by molar-refractivity contribution is -0.161. The van der Waals surface area contributed by atoms with Gasteiger partial charge in [0.05, 0.1) is 26.4 Å². The fourth-order valence-electron chi connectivity index (χ4n) is 9.61. The number of hydrogen-bond donors (Lipinski definition) is 3. The van der Waals surface area contributed by atoms with Gasteiger partial charge in [-0.3, -0.25) is 37.3 Å². The van der Waals surface area contributed by atoms with Gasteiger partial charge < -0.3 is 33.8 Å². The quantitative estimate of drug-likeness (QED) is 0.0222. The zero-order valence-corrected chi connectivity index (χ0v) is 56.3. The van der Waals surface area contributed by atoms with Crippen LogP contribution in [0.1, 0.15) is 312 Å². The van der Waals surface area contributed by atoms with Crippen LogP contribution in [0.5, 0.6) is 0 Å². The molecule has 0 bridgehead atoms. The van der Waals surface area contributed by atoms with Crippen molar-refractivity contribution >= 4 is 39.5 Å². The van der Waals surface area contributed by atoms with E-state index >= 15 is 0 Å². The Morgan fingerprint density at radius 3 is 0.738 bits per heavy atom. The van der Waals surface area contributed by atoms with Crippen LogP contribution in [0, 0.1) is 23.7 Å². The molecule has 0 saturated heterocycles. The molecule has 0 fully saturated rings. The minimum absolute atomic E-state index is 0.101. The Morgan fingerprint density at radius 1 is 0.298 bits per heavy atom. The summed E-state index contributed by atoms with van der Waals surface area (Å²) in [6.45, 7) is 13.9. The molecule has 0 heterocycles. The Kier molecular flexibility index (Phi) is 53.9. The summed E-state index contributed by atoms with van der Waals surface area (Å²) in [7, 11) is -9.89. The third kappa shape index (κ3) is 59.0. The first-order valence-electron chi connectivity index (χ1n) is 33.7. The molecule has 0 amide bonds. The van der Waals surface area contributed by atoms with Gasteiger partial charge in [0.25, 0.3) is 0 Å². The molecular weight excluding hydrogens is 1110 g/mol. The Hall–Kier alpha value is -1.94. The van der Waals surface area contributed by atoms with Crippen LogP contribution in [0.4, 0.5) is 0 Å². The number of carbonyl (C=O) groups is 4. The van der Waals surface area contributed by atoms with Crippen LogP contribution in [0.25, 0.3) is 0 Å². The van der Waals surface area contributed by atoms with Crippen molar-refractivity contribution in [2.75, 3.05) is 39.6 Å². The van der Waals surface area contributed by atoms with Crippen molar-refractivity contribution in [3.8, 4) is 0 Å². The van der Waals surface area contributed by atoms with E-state index in [4.69, 9.17) is 37.0 Å². The fraction of sp³-hybridized carbons (Fsp3) is 0.938. The molecule has 17 nitrogen and oxygen atoms in total. The zero-order chi connectivity index (χ0) is 62.5. The van der Waals surface area contributed by atoms with Crippen molar-refractivity contribution in [3.63, 3.8) is 0 Å². The van der Waals surface area contributed by atoms with E-state index in [1.165, 1.54) is 109 Å². The number of carbonyl (C=O) groups excluding carboxylic acids is 4. The zero-order valence-electron chi connectivity index (χ0n) is 54.5. The normalized spacial score (nSPS) is 14.4. The Balaban J connectivity index is 5.24. The predicted molar refractivity (Wildman–Crippen MR) is 335 cm³/mol. The van der Waals surface area contributed by atoms with E-state index in [1.807, 2.05) is 0 Å². The number of aliphatic hydroxyl groups is 1. The maximum absolute atomic E-state index is 13.0.